The van der Waals surface area contributed by atoms with E-state index in [1.54, 1.807) is 12.3 Å². The zero-order valence-electron chi connectivity index (χ0n) is 10.6. The molecule has 1 aromatic carbocycles. The second kappa shape index (κ2) is 5.63. The van der Waals surface area contributed by atoms with Crippen LogP contribution in [-0.4, -0.2) is 4.98 Å². The molecule has 0 spiro atoms. The Balaban J connectivity index is 2.27. The van der Waals surface area contributed by atoms with Gasteiger partial charge in [0.2, 0.25) is 0 Å². The van der Waals surface area contributed by atoms with Gasteiger partial charge in [0.1, 0.15) is 11.6 Å². The maximum atomic E-state index is 13.8. The van der Waals surface area contributed by atoms with Gasteiger partial charge in [0.05, 0.1) is 6.04 Å². The zero-order chi connectivity index (χ0) is 13.0. The first-order chi connectivity index (χ1) is 8.68. The van der Waals surface area contributed by atoms with Crippen molar-refractivity contribution < 1.29 is 4.39 Å². The summed E-state index contributed by atoms with van der Waals surface area (Å²) in [6, 6.07) is 12.4. The molecule has 0 aliphatic rings. The van der Waals surface area contributed by atoms with E-state index in [-0.39, 0.29) is 17.8 Å². The quantitative estimate of drug-likeness (QED) is 0.878. The molecule has 0 fully saturated rings. The minimum absolute atomic E-state index is 0.0823. The van der Waals surface area contributed by atoms with Crippen molar-refractivity contribution in [2.24, 2.45) is 5.92 Å². The minimum atomic E-state index is -0.181. The van der Waals surface area contributed by atoms with Crippen molar-refractivity contribution in [2.45, 2.75) is 19.9 Å². The van der Waals surface area contributed by atoms with Gasteiger partial charge in [-0.25, -0.2) is 9.37 Å². The van der Waals surface area contributed by atoms with Crippen LogP contribution in [0.1, 0.15) is 25.5 Å². The molecule has 0 saturated heterocycles. The topological polar surface area (TPSA) is 24.9 Å². The summed E-state index contributed by atoms with van der Waals surface area (Å²) in [5, 5.41) is 3.28. The summed E-state index contributed by atoms with van der Waals surface area (Å²) in [6.45, 7) is 4.13. The second-order valence-corrected chi connectivity index (χ2v) is 4.60. The maximum absolute atomic E-state index is 13.8. The van der Waals surface area contributed by atoms with Crippen LogP contribution in [0.25, 0.3) is 0 Å². The summed E-state index contributed by atoms with van der Waals surface area (Å²) in [6.07, 6.45) is 1.72. The highest BCUT2D eigenvalue weighted by Crippen LogP contribution is 2.27. The van der Waals surface area contributed by atoms with Crippen molar-refractivity contribution >= 4 is 5.82 Å². The SMILES string of the molecule is CC(C)C(Nc1ccccn1)c1ccccc1F. The molecular weight excluding hydrogens is 227 g/mol. The Labute approximate surface area is 107 Å². The zero-order valence-corrected chi connectivity index (χ0v) is 10.6. The Kier molecular flexibility index (Phi) is 3.92. The summed E-state index contributed by atoms with van der Waals surface area (Å²) in [5.41, 5.74) is 0.679. The van der Waals surface area contributed by atoms with Crippen LogP contribution in [0.5, 0.6) is 0 Å². The maximum Gasteiger partial charge on any atom is 0.128 e. The molecule has 0 bridgehead atoms. The Morgan fingerprint density at radius 1 is 1.06 bits per heavy atom. The highest BCUT2D eigenvalue weighted by Gasteiger charge is 2.19. The molecule has 1 atom stereocenters. The summed E-state index contributed by atoms with van der Waals surface area (Å²) < 4.78 is 13.8. The van der Waals surface area contributed by atoms with Crippen LogP contribution >= 0.6 is 0 Å². The van der Waals surface area contributed by atoms with E-state index < -0.39 is 0 Å². The lowest BCUT2D eigenvalue weighted by atomic mass is 9.95. The lowest BCUT2D eigenvalue weighted by Crippen LogP contribution is -2.18. The smallest absolute Gasteiger partial charge is 0.128 e. The Morgan fingerprint density at radius 2 is 1.78 bits per heavy atom. The lowest BCUT2D eigenvalue weighted by molar-refractivity contribution is 0.509. The Bertz CT molecular complexity index is 497. The third kappa shape index (κ3) is 2.86. The van der Waals surface area contributed by atoms with Gasteiger partial charge < -0.3 is 5.32 Å². The molecule has 94 valence electrons. The average Bonchev–Trinajstić information content (AvgIpc) is 2.38. The molecule has 1 N–H and O–H groups in total. The number of nitrogens with one attached hydrogen (secondary N) is 1. The number of anilines is 1. The highest BCUT2D eigenvalue weighted by atomic mass is 19.1. The van der Waals surface area contributed by atoms with Crippen molar-refractivity contribution in [1.29, 1.82) is 0 Å². The molecule has 1 aromatic heterocycles. The molecule has 0 saturated carbocycles. The fourth-order valence-corrected chi connectivity index (χ4v) is 1.94. The van der Waals surface area contributed by atoms with Gasteiger partial charge in [-0.2, -0.15) is 0 Å². The van der Waals surface area contributed by atoms with Crippen LogP contribution < -0.4 is 5.32 Å². The van der Waals surface area contributed by atoms with Gasteiger partial charge in [0.15, 0.2) is 0 Å². The van der Waals surface area contributed by atoms with Gasteiger partial charge >= 0.3 is 0 Å². The van der Waals surface area contributed by atoms with Gasteiger partial charge in [0, 0.05) is 11.8 Å². The number of halogens is 1. The van der Waals surface area contributed by atoms with Crippen LogP contribution in [0.2, 0.25) is 0 Å². The minimum Gasteiger partial charge on any atom is -0.363 e. The van der Waals surface area contributed by atoms with Gasteiger partial charge in [0.25, 0.3) is 0 Å². The predicted octanol–water partition coefficient (Wildman–Crippen LogP) is 4.03. The molecule has 2 nitrogen and oxygen atoms in total. The van der Waals surface area contributed by atoms with Gasteiger partial charge in [-0.1, -0.05) is 38.1 Å². The van der Waals surface area contributed by atoms with E-state index in [0.29, 0.717) is 5.56 Å². The molecule has 0 amide bonds. The number of hydrogen-bond acceptors (Lipinski definition) is 2. The van der Waals surface area contributed by atoms with Crippen molar-refractivity contribution in [3.8, 4) is 0 Å². The molecule has 0 aliphatic carbocycles. The molecule has 0 radical (unpaired) electrons. The number of nitrogens with zero attached hydrogens (tertiary/aromatic N) is 1. The molecule has 18 heavy (non-hydrogen) atoms. The second-order valence-electron chi connectivity index (χ2n) is 4.60. The summed E-state index contributed by atoms with van der Waals surface area (Å²) >= 11 is 0. The molecule has 3 heteroatoms. The molecule has 2 rings (SSSR count). The molecule has 0 aliphatic heterocycles. The molecule has 2 aromatic rings. The van der Waals surface area contributed by atoms with E-state index in [2.05, 4.69) is 24.1 Å². The van der Waals surface area contributed by atoms with E-state index in [4.69, 9.17) is 0 Å². The first kappa shape index (κ1) is 12.6. The van der Waals surface area contributed by atoms with E-state index in [1.165, 1.54) is 6.07 Å². The number of rotatable bonds is 4. The van der Waals surface area contributed by atoms with Gasteiger partial charge in [-0.05, 0) is 24.1 Å². The van der Waals surface area contributed by atoms with Gasteiger partial charge in [-0.15, -0.1) is 0 Å². The molecule has 1 unspecified atom stereocenters. The van der Waals surface area contributed by atoms with Crippen LogP contribution in [0.4, 0.5) is 10.2 Å². The Morgan fingerprint density at radius 3 is 2.39 bits per heavy atom. The van der Waals surface area contributed by atoms with Crippen molar-refractivity contribution in [1.82, 2.24) is 4.98 Å². The van der Waals surface area contributed by atoms with E-state index in [9.17, 15) is 4.39 Å². The highest BCUT2D eigenvalue weighted by molar-refractivity contribution is 5.38. The van der Waals surface area contributed by atoms with E-state index >= 15 is 0 Å². The largest absolute Gasteiger partial charge is 0.363 e. The van der Waals surface area contributed by atoms with E-state index in [1.807, 2.05) is 30.3 Å². The van der Waals surface area contributed by atoms with Crippen molar-refractivity contribution in [2.75, 3.05) is 5.32 Å². The summed E-state index contributed by atoms with van der Waals surface area (Å²) in [4.78, 5) is 4.22. The summed E-state index contributed by atoms with van der Waals surface area (Å²) in [7, 11) is 0. The summed E-state index contributed by atoms with van der Waals surface area (Å²) in [5.74, 6) is 0.850. The average molecular weight is 244 g/mol. The van der Waals surface area contributed by atoms with Gasteiger partial charge in [-0.3, -0.25) is 0 Å². The first-order valence-electron chi connectivity index (χ1n) is 6.10. The molecular formula is C15H17FN2. The number of pyridine rings is 1. The predicted molar refractivity (Wildman–Crippen MR) is 71.8 cm³/mol. The Hall–Kier alpha value is -1.90. The third-order valence-corrected chi connectivity index (χ3v) is 2.88. The van der Waals surface area contributed by atoms with Crippen molar-refractivity contribution in [3.63, 3.8) is 0 Å². The number of hydrogen-bond donors (Lipinski definition) is 1. The van der Waals surface area contributed by atoms with Crippen LogP contribution in [0.3, 0.4) is 0 Å². The van der Waals surface area contributed by atoms with Crippen LogP contribution in [0, 0.1) is 11.7 Å². The van der Waals surface area contributed by atoms with E-state index in [0.717, 1.165) is 5.82 Å². The monoisotopic (exact) mass is 244 g/mol. The lowest BCUT2D eigenvalue weighted by Gasteiger charge is -2.23. The standard InChI is InChI=1S/C15H17FN2/c1-11(2)15(12-7-3-4-8-13(12)16)18-14-9-5-6-10-17-14/h3-11,15H,1-2H3,(H,17,18). The number of benzene rings is 1. The van der Waals surface area contributed by atoms with Crippen LogP contribution in [-0.2, 0) is 0 Å². The normalized spacial score (nSPS) is 12.4. The third-order valence-electron chi connectivity index (χ3n) is 2.88. The van der Waals surface area contributed by atoms with Crippen molar-refractivity contribution in [3.05, 3.63) is 60.0 Å². The fourth-order valence-electron chi connectivity index (χ4n) is 1.94. The van der Waals surface area contributed by atoms with Crippen LogP contribution in [0.15, 0.2) is 48.7 Å². The molecule has 1 heterocycles. The first-order valence-corrected chi connectivity index (χ1v) is 6.10. The fraction of sp³-hybridized carbons (Fsp3) is 0.267. The number of aromatic nitrogens is 1.